The van der Waals surface area contributed by atoms with Gasteiger partial charge in [0.15, 0.2) is 0 Å². The van der Waals surface area contributed by atoms with Crippen molar-refractivity contribution >= 4 is 11.5 Å². The van der Waals surface area contributed by atoms with Crippen molar-refractivity contribution in [3.8, 4) is 0 Å². The Labute approximate surface area is 134 Å². The molecule has 0 aliphatic heterocycles. The van der Waals surface area contributed by atoms with E-state index in [0.717, 1.165) is 5.56 Å². The summed E-state index contributed by atoms with van der Waals surface area (Å²) in [5, 5.41) is 14.1. The lowest BCUT2D eigenvalue weighted by atomic mass is 10.1. The van der Waals surface area contributed by atoms with Gasteiger partial charge < -0.3 is 10.2 Å². The summed E-state index contributed by atoms with van der Waals surface area (Å²) in [6.45, 7) is 2.48. The predicted molar refractivity (Wildman–Crippen MR) is 86.7 cm³/mol. The molecule has 0 spiro atoms. The Balaban J connectivity index is 2.19. The van der Waals surface area contributed by atoms with Gasteiger partial charge in [-0.2, -0.15) is 0 Å². The van der Waals surface area contributed by atoms with Gasteiger partial charge in [-0.15, -0.1) is 0 Å². The summed E-state index contributed by atoms with van der Waals surface area (Å²) in [5.74, 6) is -0.0457. The Hall–Kier alpha value is -2.54. The molecule has 0 atom stereocenters. The number of benzene rings is 1. The average Bonchev–Trinajstić information content (AvgIpc) is 2.47. The number of anilines is 1. The van der Waals surface area contributed by atoms with Crippen molar-refractivity contribution in [3.05, 3.63) is 63.1 Å². The lowest BCUT2D eigenvalue weighted by Crippen LogP contribution is -2.13. The van der Waals surface area contributed by atoms with Crippen LogP contribution in [0, 0.1) is 22.9 Å². The topological polar surface area (TPSA) is 71.3 Å². The normalized spacial score (nSPS) is 10.8. The summed E-state index contributed by atoms with van der Waals surface area (Å²) in [5.41, 5.74) is 1.92. The molecule has 2 rings (SSSR count). The standard InChI is InChI=1S/C16H19FN4O2/c1-11-6-7-18-16(15(11)21(22)23)19-9-12-4-5-14(17)13(8-12)10-20(2)3/h4-8H,9-10H2,1-3H3,(H,18,19). The van der Waals surface area contributed by atoms with Gasteiger partial charge in [0.25, 0.3) is 0 Å². The zero-order chi connectivity index (χ0) is 17.0. The highest BCUT2D eigenvalue weighted by molar-refractivity contribution is 5.59. The highest BCUT2D eigenvalue weighted by Gasteiger charge is 2.18. The first-order valence-electron chi connectivity index (χ1n) is 7.14. The number of nitrogens with zero attached hydrogens (tertiary/aromatic N) is 3. The van der Waals surface area contributed by atoms with Crippen LogP contribution >= 0.6 is 0 Å². The molecule has 0 saturated heterocycles. The van der Waals surface area contributed by atoms with Crippen LogP contribution < -0.4 is 5.32 Å². The predicted octanol–water partition coefficient (Wildman–Crippen LogP) is 3.11. The summed E-state index contributed by atoms with van der Waals surface area (Å²) in [7, 11) is 3.73. The van der Waals surface area contributed by atoms with Crippen molar-refractivity contribution < 1.29 is 9.31 Å². The minimum atomic E-state index is -0.452. The van der Waals surface area contributed by atoms with Gasteiger partial charge in [-0.1, -0.05) is 6.07 Å². The molecule has 2 aromatic rings. The maximum Gasteiger partial charge on any atom is 0.314 e. The summed E-state index contributed by atoms with van der Waals surface area (Å²) in [6, 6.07) is 6.41. The van der Waals surface area contributed by atoms with Gasteiger partial charge in [-0.05, 0) is 44.8 Å². The van der Waals surface area contributed by atoms with Crippen LogP contribution in [0.3, 0.4) is 0 Å². The zero-order valence-electron chi connectivity index (χ0n) is 13.3. The molecule has 7 heteroatoms. The molecular weight excluding hydrogens is 299 g/mol. The van der Waals surface area contributed by atoms with E-state index in [1.54, 1.807) is 25.1 Å². The van der Waals surface area contributed by atoms with E-state index in [1.165, 1.54) is 12.3 Å². The molecule has 0 aliphatic carbocycles. The van der Waals surface area contributed by atoms with E-state index in [4.69, 9.17) is 0 Å². The van der Waals surface area contributed by atoms with Gasteiger partial charge in [0.1, 0.15) is 5.82 Å². The molecule has 1 heterocycles. The van der Waals surface area contributed by atoms with Crippen LogP contribution in [0.25, 0.3) is 0 Å². The second-order valence-electron chi connectivity index (χ2n) is 5.60. The molecule has 1 aromatic carbocycles. The smallest absolute Gasteiger partial charge is 0.314 e. The van der Waals surface area contributed by atoms with Gasteiger partial charge in [0.05, 0.1) is 4.92 Å². The summed E-state index contributed by atoms with van der Waals surface area (Å²) >= 11 is 0. The van der Waals surface area contributed by atoms with Crippen molar-refractivity contribution in [1.82, 2.24) is 9.88 Å². The molecule has 0 saturated carbocycles. The monoisotopic (exact) mass is 318 g/mol. The lowest BCUT2D eigenvalue weighted by Gasteiger charge is -2.13. The summed E-state index contributed by atoms with van der Waals surface area (Å²) in [6.07, 6.45) is 1.52. The number of nitro groups is 1. The average molecular weight is 318 g/mol. The second-order valence-corrected chi connectivity index (χ2v) is 5.60. The van der Waals surface area contributed by atoms with E-state index in [9.17, 15) is 14.5 Å². The van der Waals surface area contributed by atoms with Gasteiger partial charge in [-0.25, -0.2) is 9.37 Å². The SMILES string of the molecule is Cc1ccnc(NCc2ccc(F)c(CN(C)C)c2)c1[N+](=O)[O-]. The molecule has 0 bridgehead atoms. The van der Waals surface area contributed by atoms with E-state index in [2.05, 4.69) is 10.3 Å². The molecule has 0 amide bonds. The van der Waals surface area contributed by atoms with Crippen LogP contribution in [0.1, 0.15) is 16.7 Å². The number of aromatic nitrogens is 1. The van der Waals surface area contributed by atoms with Crippen LogP contribution in [0.4, 0.5) is 15.9 Å². The van der Waals surface area contributed by atoms with E-state index < -0.39 is 4.92 Å². The zero-order valence-corrected chi connectivity index (χ0v) is 13.3. The molecule has 0 fully saturated rings. The Morgan fingerprint density at radius 3 is 2.74 bits per heavy atom. The van der Waals surface area contributed by atoms with E-state index in [-0.39, 0.29) is 17.3 Å². The first-order valence-corrected chi connectivity index (χ1v) is 7.14. The van der Waals surface area contributed by atoms with Gasteiger partial charge in [0, 0.05) is 30.4 Å². The van der Waals surface area contributed by atoms with Crippen molar-refractivity contribution in [2.75, 3.05) is 19.4 Å². The second kappa shape index (κ2) is 7.15. The van der Waals surface area contributed by atoms with E-state index >= 15 is 0 Å². The Kier molecular flexibility index (Phi) is 5.23. The van der Waals surface area contributed by atoms with E-state index in [1.807, 2.05) is 19.0 Å². The third kappa shape index (κ3) is 4.23. The molecule has 0 unspecified atom stereocenters. The molecule has 1 aromatic heterocycles. The van der Waals surface area contributed by atoms with Crippen molar-refractivity contribution in [1.29, 1.82) is 0 Å². The number of hydrogen-bond acceptors (Lipinski definition) is 5. The number of rotatable bonds is 6. The molecular formula is C16H19FN4O2. The minimum absolute atomic E-state index is 0.0388. The van der Waals surface area contributed by atoms with Crippen LogP contribution in [0.5, 0.6) is 0 Å². The highest BCUT2D eigenvalue weighted by atomic mass is 19.1. The third-order valence-electron chi connectivity index (χ3n) is 3.37. The number of aryl methyl sites for hydroxylation is 1. The maximum atomic E-state index is 13.8. The summed E-state index contributed by atoms with van der Waals surface area (Å²) in [4.78, 5) is 16.6. The summed E-state index contributed by atoms with van der Waals surface area (Å²) < 4.78 is 13.8. The lowest BCUT2D eigenvalue weighted by molar-refractivity contribution is -0.384. The molecule has 0 radical (unpaired) electrons. The van der Waals surface area contributed by atoms with Crippen LogP contribution in [-0.4, -0.2) is 28.9 Å². The number of halogens is 1. The van der Waals surface area contributed by atoms with Gasteiger partial charge in [-0.3, -0.25) is 10.1 Å². The quantitative estimate of drug-likeness (QED) is 0.654. The minimum Gasteiger partial charge on any atom is -0.360 e. The molecule has 6 nitrogen and oxygen atoms in total. The maximum absolute atomic E-state index is 13.8. The first kappa shape index (κ1) is 16.8. The molecule has 0 aliphatic rings. The van der Waals surface area contributed by atoms with Crippen LogP contribution in [-0.2, 0) is 13.1 Å². The van der Waals surface area contributed by atoms with Crippen LogP contribution in [0.2, 0.25) is 0 Å². The third-order valence-corrected chi connectivity index (χ3v) is 3.37. The molecule has 122 valence electrons. The molecule has 1 N–H and O–H groups in total. The first-order chi connectivity index (χ1) is 10.9. The highest BCUT2D eigenvalue weighted by Crippen LogP contribution is 2.26. The Morgan fingerprint density at radius 1 is 1.35 bits per heavy atom. The van der Waals surface area contributed by atoms with Crippen molar-refractivity contribution in [3.63, 3.8) is 0 Å². The van der Waals surface area contributed by atoms with Gasteiger partial charge >= 0.3 is 5.69 Å². The Bertz CT molecular complexity index is 719. The fraction of sp³-hybridized carbons (Fsp3) is 0.312. The fourth-order valence-electron chi connectivity index (χ4n) is 2.30. The number of pyridine rings is 1. The largest absolute Gasteiger partial charge is 0.360 e. The molecule has 23 heavy (non-hydrogen) atoms. The van der Waals surface area contributed by atoms with E-state index in [0.29, 0.717) is 24.2 Å². The van der Waals surface area contributed by atoms with Crippen LogP contribution in [0.15, 0.2) is 30.5 Å². The van der Waals surface area contributed by atoms with Crippen molar-refractivity contribution in [2.24, 2.45) is 0 Å². The number of hydrogen-bond donors (Lipinski definition) is 1. The Morgan fingerprint density at radius 2 is 2.09 bits per heavy atom. The van der Waals surface area contributed by atoms with Crippen molar-refractivity contribution in [2.45, 2.75) is 20.0 Å². The fourth-order valence-corrected chi connectivity index (χ4v) is 2.30. The number of nitrogens with one attached hydrogen (secondary N) is 1. The van der Waals surface area contributed by atoms with Gasteiger partial charge in [0.2, 0.25) is 5.82 Å².